The molecule has 3 nitrogen and oxygen atoms in total. The molecule has 0 spiro atoms. The van der Waals surface area contributed by atoms with E-state index in [0.29, 0.717) is 19.5 Å². The number of halogens is 1. The van der Waals surface area contributed by atoms with Gasteiger partial charge in [0.15, 0.2) is 5.78 Å². The van der Waals surface area contributed by atoms with Gasteiger partial charge in [-0.3, -0.25) is 9.69 Å². The monoisotopic (exact) mass is 261 g/mol. The van der Waals surface area contributed by atoms with Crippen molar-refractivity contribution in [1.82, 2.24) is 4.90 Å². The number of likely N-dealkylation sites (N-methyl/N-ethyl adjacent to an activating group) is 1. The lowest BCUT2D eigenvalue weighted by molar-refractivity contribution is -0.119. The van der Waals surface area contributed by atoms with Crippen molar-refractivity contribution in [3.05, 3.63) is 59.8 Å². The predicted molar refractivity (Wildman–Crippen MR) is 70.2 cm³/mol. The molecular formula is C15H16FNO2. The Bertz CT molecular complexity index is 520. The Morgan fingerprint density at radius 2 is 2.00 bits per heavy atom. The van der Waals surface area contributed by atoms with Gasteiger partial charge in [-0.15, -0.1) is 0 Å². The van der Waals surface area contributed by atoms with Gasteiger partial charge in [0.1, 0.15) is 11.6 Å². The molecule has 0 saturated heterocycles. The summed E-state index contributed by atoms with van der Waals surface area (Å²) in [5, 5.41) is 0. The van der Waals surface area contributed by atoms with Gasteiger partial charge in [0.25, 0.3) is 0 Å². The zero-order valence-corrected chi connectivity index (χ0v) is 10.8. The van der Waals surface area contributed by atoms with E-state index in [1.165, 1.54) is 12.1 Å². The molecule has 0 saturated carbocycles. The highest BCUT2D eigenvalue weighted by Gasteiger charge is 2.09. The van der Waals surface area contributed by atoms with E-state index < -0.39 is 0 Å². The second-order valence-corrected chi connectivity index (χ2v) is 4.59. The van der Waals surface area contributed by atoms with E-state index >= 15 is 0 Å². The van der Waals surface area contributed by atoms with Gasteiger partial charge in [0, 0.05) is 6.42 Å². The largest absolute Gasteiger partial charge is 0.468 e. The van der Waals surface area contributed by atoms with E-state index in [0.717, 1.165) is 11.3 Å². The molecule has 1 aromatic heterocycles. The van der Waals surface area contributed by atoms with Crippen LogP contribution < -0.4 is 0 Å². The van der Waals surface area contributed by atoms with Gasteiger partial charge >= 0.3 is 0 Å². The first kappa shape index (κ1) is 13.5. The van der Waals surface area contributed by atoms with Crippen LogP contribution >= 0.6 is 0 Å². The summed E-state index contributed by atoms with van der Waals surface area (Å²) in [6, 6.07) is 9.72. The first-order chi connectivity index (χ1) is 9.13. The summed E-state index contributed by atoms with van der Waals surface area (Å²) in [5.41, 5.74) is 0.831. The van der Waals surface area contributed by atoms with E-state index in [-0.39, 0.29) is 11.6 Å². The molecule has 0 unspecified atom stereocenters. The molecule has 0 N–H and O–H groups in total. The zero-order valence-electron chi connectivity index (χ0n) is 10.8. The van der Waals surface area contributed by atoms with Crippen LogP contribution in [0.2, 0.25) is 0 Å². The smallest absolute Gasteiger partial charge is 0.151 e. The van der Waals surface area contributed by atoms with Gasteiger partial charge in [0.2, 0.25) is 0 Å². The number of carbonyl (C=O) groups excluding carboxylic acids is 1. The molecule has 0 aliphatic heterocycles. The number of benzene rings is 1. The van der Waals surface area contributed by atoms with Crippen LogP contribution in [0.3, 0.4) is 0 Å². The van der Waals surface area contributed by atoms with Crippen LogP contribution in [-0.4, -0.2) is 24.3 Å². The van der Waals surface area contributed by atoms with Gasteiger partial charge < -0.3 is 4.42 Å². The molecule has 4 heteroatoms. The highest BCUT2D eigenvalue weighted by Crippen LogP contribution is 2.06. The van der Waals surface area contributed by atoms with Gasteiger partial charge in [-0.1, -0.05) is 12.1 Å². The lowest BCUT2D eigenvalue weighted by atomic mass is 10.1. The average molecular weight is 261 g/mol. The molecule has 0 atom stereocenters. The van der Waals surface area contributed by atoms with Crippen molar-refractivity contribution in [3.8, 4) is 0 Å². The molecule has 100 valence electrons. The molecule has 19 heavy (non-hydrogen) atoms. The molecule has 0 amide bonds. The fourth-order valence-corrected chi connectivity index (χ4v) is 1.91. The third-order valence-corrected chi connectivity index (χ3v) is 2.77. The minimum atomic E-state index is -0.286. The van der Waals surface area contributed by atoms with Crippen LogP contribution in [0.15, 0.2) is 47.1 Å². The summed E-state index contributed by atoms with van der Waals surface area (Å²) in [5.74, 6) is 0.642. The predicted octanol–water partition coefficient (Wildman–Crippen LogP) is 2.66. The molecule has 1 aromatic carbocycles. The standard InChI is InChI=1S/C15H16FNO2/c1-17(11-15-3-2-8-19-15)10-14(18)9-12-4-6-13(16)7-5-12/h2-8H,9-11H2,1H3. The van der Waals surface area contributed by atoms with Gasteiger partial charge in [-0.05, 0) is 36.9 Å². The number of carbonyl (C=O) groups is 1. The maximum Gasteiger partial charge on any atom is 0.151 e. The summed E-state index contributed by atoms with van der Waals surface area (Å²) >= 11 is 0. The molecule has 0 fully saturated rings. The number of nitrogens with zero attached hydrogens (tertiary/aromatic N) is 1. The van der Waals surface area contributed by atoms with Gasteiger partial charge in [-0.2, -0.15) is 0 Å². The quantitative estimate of drug-likeness (QED) is 0.801. The third kappa shape index (κ3) is 4.34. The van der Waals surface area contributed by atoms with Crippen LogP contribution in [-0.2, 0) is 17.8 Å². The van der Waals surface area contributed by atoms with Crippen molar-refractivity contribution in [2.24, 2.45) is 0 Å². The number of Topliss-reactive ketones (excluding diaryl/α,β-unsaturated/α-hetero) is 1. The van der Waals surface area contributed by atoms with Crippen molar-refractivity contribution < 1.29 is 13.6 Å². The van der Waals surface area contributed by atoms with Gasteiger partial charge in [-0.25, -0.2) is 4.39 Å². The number of hydrogen-bond donors (Lipinski definition) is 0. The lowest BCUT2D eigenvalue weighted by Gasteiger charge is -2.14. The molecule has 0 bridgehead atoms. The van der Waals surface area contributed by atoms with Crippen molar-refractivity contribution in [2.45, 2.75) is 13.0 Å². The number of furan rings is 1. The third-order valence-electron chi connectivity index (χ3n) is 2.77. The van der Waals surface area contributed by atoms with E-state index in [2.05, 4.69) is 0 Å². The van der Waals surface area contributed by atoms with Crippen LogP contribution in [0.1, 0.15) is 11.3 Å². The van der Waals surface area contributed by atoms with Crippen LogP contribution in [0.4, 0.5) is 4.39 Å². The maximum absolute atomic E-state index is 12.7. The molecule has 0 aliphatic carbocycles. The van der Waals surface area contributed by atoms with Crippen LogP contribution in [0, 0.1) is 5.82 Å². The minimum Gasteiger partial charge on any atom is -0.468 e. The Morgan fingerprint density at radius 1 is 1.26 bits per heavy atom. The summed E-state index contributed by atoms with van der Waals surface area (Å²) in [6.07, 6.45) is 1.94. The molecule has 2 rings (SSSR count). The second kappa shape index (κ2) is 6.29. The van der Waals surface area contributed by atoms with Crippen LogP contribution in [0.25, 0.3) is 0 Å². The second-order valence-electron chi connectivity index (χ2n) is 4.59. The van der Waals surface area contributed by atoms with E-state index in [1.807, 2.05) is 24.1 Å². The fraction of sp³-hybridized carbons (Fsp3) is 0.267. The Kier molecular flexibility index (Phi) is 4.47. The normalized spacial score (nSPS) is 10.9. The fourth-order valence-electron chi connectivity index (χ4n) is 1.91. The molecule has 2 aromatic rings. The Hall–Kier alpha value is -1.94. The van der Waals surface area contributed by atoms with Crippen molar-refractivity contribution >= 4 is 5.78 Å². The highest BCUT2D eigenvalue weighted by atomic mass is 19.1. The Balaban J connectivity index is 1.82. The first-order valence-corrected chi connectivity index (χ1v) is 6.10. The van der Waals surface area contributed by atoms with Gasteiger partial charge in [0.05, 0.1) is 19.4 Å². The van der Waals surface area contributed by atoms with E-state index in [4.69, 9.17) is 4.42 Å². The molecular weight excluding hydrogens is 245 g/mol. The Morgan fingerprint density at radius 3 is 2.63 bits per heavy atom. The minimum absolute atomic E-state index is 0.0978. The first-order valence-electron chi connectivity index (χ1n) is 6.10. The summed E-state index contributed by atoms with van der Waals surface area (Å²) in [6.45, 7) is 0.945. The SMILES string of the molecule is CN(CC(=O)Cc1ccc(F)cc1)Cc1ccco1. The lowest BCUT2D eigenvalue weighted by Crippen LogP contribution is -2.26. The number of ketones is 1. The zero-order chi connectivity index (χ0) is 13.7. The summed E-state index contributed by atoms with van der Waals surface area (Å²) < 4.78 is 18.0. The van der Waals surface area contributed by atoms with Crippen molar-refractivity contribution in [1.29, 1.82) is 0 Å². The number of rotatable bonds is 6. The topological polar surface area (TPSA) is 33.5 Å². The Labute approximate surface area is 111 Å². The van der Waals surface area contributed by atoms with Crippen molar-refractivity contribution in [2.75, 3.05) is 13.6 Å². The molecule has 0 radical (unpaired) electrons. The van der Waals surface area contributed by atoms with Crippen LogP contribution in [0.5, 0.6) is 0 Å². The molecule has 1 heterocycles. The van der Waals surface area contributed by atoms with E-state index in [1.54, 1.807) is 18.4 Å². The average Bonchev–Trinajstić information content (AvgIpc) is 2.84. The summed E-state index contributed by atoms with van der Waals surface area (Å²) in [4.78, 5) is 13.8. The molecule has 0 aliphatic rings. The highest BCUT2D eigenvalue weighted by molar-refractivity contribution is 5.82. The van der Waals surface area contributed by atoms with Crippen molar-refractivity contribution in [3.63, 3.8) is 0 Å². The van der Waals surface area contributed by atoms with E-state index in [9.17, 15) is 9.18 Å². The summed E-state index contributed by atoms with van der Waals surface area (Å²) in [7, 11) is 1.87. The maximum atomic E-state index is 12.7. The number of hydrogen-bond acceptors (Lipinski definition) is 3.